The molecule has 52 valence electrons. The van der Waals surface area contributed by atoms with Gasteiger partial charge in [0.15, 0.2) is 0 Å². The van der Waals surface area contributed by atoms with Crippen molar-refractivity contribution in [3.8, 4) is 0 Å². The average molecular weight is 143 g/mol. The zero-order valence-electron chi connectivity index (χ0n) is 5.92. The second-order valence-electron chi connectivity index (χ2n) is 2.63. The van der Waals surface area contributed by atoms with Crippen LogP contribution < -0.4 is 5.32 Å². The maximum atomic E-state index is 3.21. The quantitative estimate of drug-likeness (QED) is 0.601. The molecule has 0 spiro atoms. The standard InChI is InChI=1S/C7H13NS/c1-6(2)7-5-8-3-4-9-7/h3-4,6-8H,5H2,1-2H3. The minimum Gasteiger partial charge on any atom is -0.389 e. The highest BCUT2D eigenvalue weighted by atomic mass is 32.2. The van der Waals surface area contributed by atoms with Crippen molar-refractivity contribution in [1.82, 2.24) is 5.32 Å². The van der Waals surface area contributed by atoms with Crippen molar-refractivity contribution < 1.29 is 0 Å². The Bertz CT molecular complexity index is 109. The summed E-state index contributed by atoms with van der Waals surface area (Å²) in [6, 6.07) is 0. The third-order valence-electron chi connectivity index (χ3n) is 1.50. The van der Waals surface area contributed by atoms with E-state index in [9.17, 15) is 0 Å². The van der Waals surface area contributed by atoms with Crippen LogP contribution in [0.1, 0.15) is 13.8 Å². The van der Waals surface area contributed by atoms with Gasteiger partial charge in [-0.2, -0.15) is 0 Å². The van der Waals surface area contributed by atoms with E-state index in [-0.39, 0.29) is 0 Å². The summed E-state index contributed by atoms with van der Waals surface area (Å²) in [5.74, 6) is 0.785. The molecule has 0 fully saturated rings. The maximum absolute atomic E-state index is 3.21. The molecule has 1 aliphatic heterocycles. The predicted molar refractivity (Wildman–Crippen MR) is 43.4 cm³/mol. The summed E-state index contributed by atoms with van der Waals surface area (Å²) < 4.78 is 0. The van der Waals surface area contributed by atoms with Gasteiger partial charge in [0, 0.05) is 18.0 Å². The van der Waals surface area contributed by atoms with Crippen LogP contribution in [0.25, 0.3) is 0 Å². The molecule has 1 heterocycles. The third-order valence-corrected chi connectivity index (χ3v) is 2.86. The fourth-order valence-corrected chi connectivity index (χ4v) is 1.70. The molecule has 0 saturated carbocycles. The minimum absolute atomic E-state index is 0.773. The molecule has 0 aromatic carbocycles. The van der Waals surface area contributed by atoms with Crippen molar-refractivity contribution >= 4 is 11.8 Å². The zero-order chi connectivity index (χ0) is 6.69. The first-order valence-electron chi connectivity index (χ1n) is 3.34. The molecule has 1 atom stereocenters. The van der Waals surface area contributed by atoms with Gasteiger partial charge >= 0.3 is 0 Å². The second kappa shape index (κ2) is 3.16. The van der Waals surface area contributed by atoms with Crippen LogP contribution in [0.2, 0.25) is 0 Å². The first kappa shape index (κ1) is 7.00. The highest BCUT2D eigenvalue weighted by Crippen LogP contribution is 2.21. The van der Waals surface area contributed by atoms with Gasteiger partial charge in [0.05, 0.1) is 0 Å². The first-order valence-corrected chi connectivity index (χ1v) is 4.29. The topological polar surface area (TPSA) is 12.0 Å². The fourth-order valence-electron chi connectivity index (χ4n) is 0.813. The Balaban J connectivity index is 2.35. The van der Waals surface area contributed by atoms with Crippen molar-refractivity contribution in [2.75, 3.05) is 6.54 Å². The number of hydrogen-bond donors (Lipinski definition) is 1. The van der Waals surface area contributed by atoms with Crippen LogP contribution in [0.5, 0.6) is 0 Å². The van der Waals surface area contributed by atoms with Gasteiger partial charge in [-0.3, -0.25) is 0 Å². The van der Waals surface area contributed by atoms with Gasteiger partial charge in [0.2, 0.25) is 0 Å². The summed E-state index contributed by atoms with van der Waals surface area (Å²) in [7, 11) is 0. The first-order chi connectivity index (χ1) is 4.30. The molecule has 0 bridgehead atoms. The third kappa shape index (κ3) is 1.94. The lowest BCUT2D eigenvalue weighted by molar-refractivity contribution is 0.585. The molecule has 1 N–H and O–H groups in total. The van der Waals surface area contributed by atoms with E-state index >= 15 is 0 Å². The van der Waals surface area contributed by atoms with E-state index in [2.05, 4.69) is 24.6 Å². The Morgan fingerprint density at radius 2 is 2.44 bits per heavy atom. The molecule has 1 unspecified atom stereocenters. The Morgan fingerprint density at radius 3 is 2.78 bits per heavy atom. The van der Waals surface area contributed by atoms with Gasteiger partial charge in [0.1, 0.15) is 0 Å². The van der Waals surface area contributed by atoms with Gasteiger partial charge in [0.25, 0.3) is 0 Å². The smallest absolute Gasteiger partial charge is 0.0285 e. The fraction of sp³-hybridized carbons (Fsp3) is 0.714. The van der Waals surface area contributed by atoms with E-state index in [4.69, 9.17) is 0 Å². The lowest BCUT2D eigenvalue weighted by atomic mass is 10.1. The predicted octanol–water partition coefficient (Wildman–Crippen LogP) is 1.82. The molecule has 1 rings (SSSR count). The highest BCUT2D eigenvalue weighted by Gasteiger charge is 2.13. The van der Waals surface area contributed by atoms with Crippen molar-refractivity contribution in [3.05, 3.63) is 11.6 Å². The molecular weight excluding hydrogens is 130 g/mol. The molecule has 0 saturated heterocycles. The van der Waals surface area contributed by atoms with E-state index < -0.39 is 0 Å². The molecule has 0 aliphatic carbocycles. The maximum Gasteiger partial charge on any atom is 0.0285 e. The number of rotatable bonds is 1. The summed E-state index contributed by atoms with van der Waals surface area (Å²) in [6.07, 6.45) is 2.02. The normalized spacial score (nSPS) is 26.3. The van der Waals surface area contributed by atoms with E-state index in [1.807, 2.05) is 18.0 Å². The van der Waals surface area contributed by atoms with Crippen molar-refractivity contribution in [2.45, 2.75) is 19.1 Å². The summed E-state index contributed by atoms with van der Waals surface area (Å²) in [6.45, 7) is 5.65. The van der Waals surface area contributed by atoms with Crippen molar-refractivity contribution in [3.63, 3.8) is 0 Å². The second-order valence-corrected chi connectivity index (χ2v) is 3.78. The van der Waals surface area contributed by atoms with Crippen LogP contribution in [-0.4, -0.2) is 11.8 Å². The Kier molecular flexibility index (Phi) is 2.46. The molecular formula is C7H13NS. The number of thioether (sulfide) groups is 1. The number of hydrogen-bond acceptors (Lipinski definition) is 2. The molecule has 0 aromatic rings. The lowest BCUT2D eigenvalue weighted by Gasteiger charge is -2.21. The monoisotopic (exact) mass is 143 g/mol. The molecule has 2 heteroatoms. The Labute approximate surface area is 60.9 Å². The van der Waals surface area contributed by atoms with E-state index in [1.54, 1.807) is 0 Å². The molecule has 0 amide bonds. The van der Waals surface area contributed by atoms with Crippen molar-refractivity contribution in [1.29, 1.82) is 0 Å². The van der Waals surface area contributed by atoms with Crippen LogP contribution in [-0.2, 0) is 0 Å². The zero-order valence-corrected chi connectivity index (χ0v) is 6.74. The Hall–Kier alpha value is -0.110. The molecule has 9 heavy (non-hydrogen) atoms. The van der Waals surface area contributed by atoms with Gasteiger partial charge in [-0.15, -0.1) is 11.8 Å². The Morgan fingerprint density at radius 1 is 1.67 bits per heavy atom. The summed E-state index contributed by atoms with van der Waals surface area (Å²) >= 11 is 1.93. The van der Waals surface area contributed by atoms with Crippen LogP contribution in [0.15, 0.2) is 11.6 Å². The average Bonchev–Trinajstić information content (AvgIpc) is 1.90. The minimum atomic E-state index is 0.773. The summed E-state index contributed by atoms with van der Waals surface area (Å²) in [5.41, 5.74) is 0. The van der Waals surface area contributed by atoms with E-state index in [0.717, 1.165) is 17.7 Å². The van der Waals surface area contributed by atoms with Crippen LogP contribution in [0.3, 0.4) is 0 Å². The molecule has 0 aromatic heterocycles. The molecule has 0 radical (unpaired) electrons. The van der Waals surface area contributed by atoms with E-state index in [1.165, 1.54) is 0 Å². The molecule has 1 aliphatic rings. The van der Waals surface area contributed by atoms with Gasteiger partial charge in [-0.1, -0.05) is 13.8 Å². The van der Waals surface area contributed by atoms with Gasteiger partial charge in [-0.25, -0.2) is 0 Å². The van der Waals surface area contributed by atoms with E-state index in [0.29, 0.717) is 0 Å². The van der Waals surface area contributed by atoms with Crippen molar-refractivity contribution in [2.24, 2.45) is 5.92 Å². The van der Waals surface area contributed by atoms with Crippen LogP contribution in [0, 0.1) is 5.92 Å². The summed E-state index contributed by atoms with van der Waals surface area (Å²) in [5, 5.41) is 6.12. The van der Waals surface area contributed by atoms with Crippen LogP contribution in [0.4, 0.5) is 0 Å². The van der Waals surface area contributed by atoms with Gasteiger partial charge < -0.3 is 5.32 Å². The number of nitrogens with one attached hydrogen (secondary N) is 1. The van der Waals surface area contributed by atoms with Gasteiger partial charge in [-0.05, 0) is 11.3 Å². The van der Waals surface area contributed by atoms with Crippen LogP contribution >= 0.6 is 11.8 Å². The SMILES string of the molecule is CC(C)C1CNC=CS1. The summed E-state index contributed by atoms with van der Waals surface area (Å²) in [4.78, 5) is 0. The highest BCUT2D eigenvalue weighted by molar-refractivity contribution is 8.02. The lowest BCUT2D eigenvalue weighted by Crippen LogP contribution is -2.26. The largest absolute Gasteiger partial charge is 0.389 e. The molecule has 1 nitrogen and oxygen atoms in total.